The van der Waals surface area contributed by atoms with Gasteiger partial charge in [0.15, 0.2) is 0 Å². The number of aromatic nitrogens is 1. The Morgan fingerprint density at radius 3 is 2.74 bits per heavy atom. The van der Waals surface area contributed by atoms with Crippen LogP contribution in [0.2, 0.25) is 5.15 Å². The Kier molecular flexibility index (Phi) is 3.62. The molecule has 0 bridgehead atoms. The van der Waals surface area contributed by atoms with E-state index in [1.54, 1.807) is 0 Å². The van der Waals surface area contributed by atoms with Gasteiger partial charge in [-0.1, -0.05) is 11.6 Å². The molecule has 19 heavy (non-hydrogen) atoms. The molecular weight excluding hydrogens is 276 g/mol. The van der Waals surface area contributed by atoms with Crippen LogP contribution in [0.3, 0.4) is 0 Å². The molecule has 0 atom stereocenters. The van der Waals surface area contributed by atoms with E-state index in [2.05, 4.69) is 10.3 Å². The summed E-state index contributed by atoms with van der Waals surface area (Å²) < 4.78 is 26.1. The minimum atomic E-state index is -0.888. The summed E-state index contributed by atoms with van der Waals surface area (Å²) in [5.74, 6) is -2.31. The minimum absolute atomic E-state index is 0.00499. The van der Waals surface area contributed by atoms with Gasteiger partial charge in [-0.15, -0.1) is 0 Å². The van der Waals surface area contributed by atoms with Crippen LogP contribution >= 0.6 is 11.6 Å². The number of halogens is 3. The zero-order valence-electron chi connectivity index (χ0n) is 9.45. The summed E-state index contributed by atoms with van der Waals surface area (Å²) in [7, 11) is 0. The molecule has 2 aromatic rings. The van der Waals surface area contributed by atoms with Crippen molar-refractivity contribution in [3.8, 4) is 0 Å². The quantitative estimate of drug-likeness (QED) is 0.833. The van der Waals surface area contributed by atoms with Crippen molar-refractivity contribution in [1.29, 1.82) is 0 Å². The van der Waals surface area contributed by atoms with Crippen LogP contribution in [0.1, 0.15) is 10.4 Å². The smallest absolute Gasteiger partial charge is 0.258 e. The Morgan fingerprint density at radius 2 is 2.05 bits per heavy atom. The molecule has 1 aromatic carbocycles. The number of rotatable bonds is 2. The third kappa shape index (κ3) is 2.97. The molecule has 98 valence electrons. The Bertz CT molecular complexity index is 649. The average Bonchev–Trinajstić information content (AvgIpc) is 2.35. The number of carbonyl (C=O) groups excluding carboxylic acids is 1. The van der Waals surface area contributed by atoms with Gasteiger partial charge in [0.05, 0.1) is 23.1 Å². The fourth-order valence-electron chi connectivity index (χ4n) is 1.40. The maximum Gasteiger partial charge on any atom is 0.258 e. The molecular formula is C12H8ClF2N3O. The van der Waals surface area contributed by atoms with Crippen molar-refractivity contribution in [2.24, 2.45) is 0 Å². The van der Waals surface area contributed by atoms with Crippen molar-refractivity contribution < 1.29 is 13.6 Å². The standard InChI is InChI=1S/C12H8ClF2N3O/c13-11-8(4-7(16)5-17-11)12(19)18-10-2-1-6(14)3-9(10)15/h1-5H,16H2,(H,18,19). The molecule has 0 fully saturated rings. The lowest BCUT2D eigenvalue weighted by molar-refractivity contribution is 0.102. The second-order valence-electron chi connectivity index (χ2n) is 3.69. The van der Waals surface area contributed by atoms with Crippen molar-refractivity contribution >= 4 is 28.9 Å². The van der Waals surface area contributed by atoms with Crippen LogP contribution in [0.5, 0.6) is 0 Å². The van der Waals surface area contributed by atoms with Gasteiger partial charge in [0.2, 0.25) is 0 Å². The number of nitrogens with one attached hydrogen (secondary N) is 1. The van der Waals surface area contributed by atoms with Gasteiger partial charge >= 0.3 is 0 Å². The number of amides is 1. The molecule has 0 saturated carbocycles. The van der Waals surface area contributed by atoms with E-state index in [0.717, 1.165) is 12.1 Å². The molecule has 1 heterocycles. The van der Waals surface area contributed by atoms with Gasteiger partial charge in [-0.25, -0.2) is 13.8 Å². The number of anilines is 2. The van der Waals surface area contributed by atoms with Crippen molar-refractivity contribution in [3.63, 3.8) is 0 Å². The van der Waals surface area contributed by atoms with Gasteiger partial charge in [-0.05, 0) is 18.2 Å². The molecule has 0 aliphatic carbocycles. The van der Waals surface area contributed by atoms with E-state index in [0.29, 0.717) is 6.07 Å². The van der Waals surface area contributed by atoms with Crippen molar-refractivity contribution in [3.05, 3.63) is 52.8 Å². The number of hydrogen-bond acceptors (Lipinski definition) is 3. The molecule has 0 spiro atoms. The molecule has 0 radical (unpaired) electrons. The largest absolute Gasteiger partial charge is 0.397 e. The van der Waals surface area contributed by atoms with E-state index in [4.69, 9.17) is 17.3 Å². The number of nitrogen functional groups attached to an aromatic ring is 1. The van der Waals surface area contributed by atoms with E-state index >= 15 is 0 Å². The fourth-order valence-corrected chi connectivity index (χ4v) is 1.59. The molecule has 0 aliphatic heterocycles. The summed E-state index contributed by atoms with van der Waals surface area (Å²) in [5.41, 5.74) is 5.57. The molecule has 7 heteroatoms. The molecule has 0 aliphatic rings. The number of nitrogens with two attached hydrogens (primary N) is 1. The first-order valence-corrected chi connectivity index (χ1v) is 5.52. The summed E-state index contributed by atoms with van der Waals surface area (Å²) in [4.78, 5) is 15.6. The second-order valence-corrected chi connectivity index (χ2v) is 4.04. The third-order valence-electron chi connectivity index (χ3n) is 2.28. The first-order valence-electron chi connectivity index (χ1n) is 5.15. The minimum Gasteiger partial charge on any atom is -0.397 e. The SMILES string of the molecule is Nc1cnc(Cl)c(C(=O)Nc2ccc(F)cc2F)c1. The van der Waals surface area contributed by atoms with E-state index < -0.39 is 17.5 Å². The summed E-state index contributed by atoms with van der Waals surface area (Å²) in [6.07, 6.45) is 1.29. The predicted octanol–water partition coefficient (Wildman–Crippen LogP) is 2.85. The second kappa shape index (κ2) is 5.19. The van der Waals surface area contributed by atoms with Gasteiger partial charge in [0.25, 0.3) is 5.91 Å². The highest BCUT2D eigenvalue weighted by molar-refractivity contribution is 6.33. The molecule has 0 unspecified atom stereocenters. The van der Waals surface area contributed by atoms with E-state index in [-0.39, 0.29) is 22.1 Å². The first-order chi connectivity index (χ1) is 8.97. The zero-order valence-corrected chi connectivity index (χ0v) is 10.2. The Labute approximate surface area is 112 Å². The van der Waals surface area contributed by atoms with Gasteiger partial charge in [0, 0.05) is 6.07 Å². The van der Waals surface area contributed by atoms with Gasteiger partial charge in [-0.2, -0.15) is 0 Å². The fraction of sp³-hybridized carbons (Fsp3) is 0. The Balaban J connectivity index is 2.28. The molecule has 0 saturated heterocycles. The van der Waals surface area contributed by atoms with Crippen LogP contribution in [0, 0.1) is 11.6 Å². The van der Waals surface area contributed by atoms with Crippen LogP contribution in [-0.2, 0) is 0 Å². The summed E-state index contributed by atoms with van der Waals surface area (Å²) in [5, 5.41) is 2.20. The van der Waals surface area contributed by atoms with E-state index in [9.17, 15) is 13.6 Å². The summed E-state index contributed by atoms with van der Waals surface area (Å²) >= 11 is 5.74. The lowest BCUT2D eigenvalue weighted by atomic mass is 10.2. The average molecular weight is 284 g/mol. The van der Waals surface area contributed by atoms with Gasteiger partial charge in [0.1, 0.15) is 16.8 Å². The molecule has 2 rings (SSSR count). The highest BCUT2D eigenvalue weighted by atomic mass is 35.5. The molecule has 4 nitrogen and oxygen atoms in total. The molecule has 3 N–H and O–H groups in total. The maximum atomic E-state index is 13.4. The van der Waals surface area contributed by atoms with Crippen LogP contribution in [0.15, 0.2) is 30.5 Å². The maximum absolute atomic E-state index is 13.4. The number of pyridine rings is 1. The Morgan fingerprint density at radius 1 is 1.32 bits per heavy atom. The Hall–Kier alpha value is -2.21. The van der Waals surface area contributed by atoms with Crippen molar-refractivity contribution in [1.82, 2.24) is 4.98 Å². The van der Waals surface area contributed by atoms with Crippen LogP contribution in [0.4, 0.5) is 20.2 Å². The molecule has 1 amide bonds. The topological polar surface area (TPSA) is 68.0 Å². The number of hydrogen-bond donors (Lipinski definition) is 2. The lowest BCUT2D eigenvalue weighted by Gasteiger charge is -2.07. The van der Waals surface area contributed by atoms with Gasteiger partial charge in [-0.3, -0.25) is 4.79 Å². The number of benzene rings is 1. The molecule has 1 aromatic heterocycles. The number of nitrogens with zero attached hydrogens (tertiary/aromatic N) is 1. The zero-order chi connectivity index (χ0) is 14.0. The van der Waals surface area contributed by atoms with E-state index in [1.165, 1.54) is 12.3 Å². The summed E-state index contributed by atoms with van der Waals surface area (Å²) in [6, 6.07) is 4.11. The highest BCUT2D eigenvalue weighted by Crippen LogP contribution is 2.20. The summed E-state index contributed by atoms with van der Waals surface area (Å²) in [6.45, 7) is 0. The highest BCUT2D eigenvalue weighted by Gasteiger charge is 2.14. The number of carbonyl (C=O) groups is 1. The van der Waals surface area contributed by atoms with Crippen LogP contribution < -0.4 is 11.1 Å². The van der Waals surface area contributed by atoms with Crippen molar-refractivity contribution in [2.45, 2.75) is 0 Å². The van der Waals surface area contributed by atoms with Gasteiger partial charge < -0.3 is 11.1 Å². The van der Waals surface area contributed by atoms with Crippen LogP contribution in [-0.4, -0.2) is 10.9 Å². The predicted molar refractivity (Wildman–Crippen MR) is 68.0 cm³/mol. The monoisotopic (exact) mass is 283 g/mol. The third-order valence-corrected chi connectivity index (χ3v) is 2.59. The first kappa shape index (κ1) is 13.2. The van der Waals surface area contributed by atoms with Crippen LogP contribution in [0.25, 0.3) is 0 Å². The lowest BCUT2D eigenvalue weighted by Crippen LogP contribution is -2.14. The van der Waals surface area contributed by atoms with E-state index in [1.807, 2.05) is 0 Å². The normalized spacial score (nSPS) is 10.3. The van der Waals surface area contributed by atoms with Crippen molar-refractivity contribution in [2.75, 3.05) is 11.1 Å².